The monoisotopic (exact) mass is 212 g/mol. The largest absolute Gasteiger partial charge is 0.428 e. The molecule has 0 aromatic rings. The van der Waals surface area contributed by atoms with Gasteiger partial charge in [0.15, 0.2) is 0 Å². The summed E-state index contributed by atoms with van der Waals surface area (Å²) in [6, 6.07) is 0. The lowest BCUT2D eigenvalue weighted by molar-refractivity contribution is -0.336. The molecule has 0 amide bonds. The SMILES string of the molecule is OCCOC(F)(F)C(F)C(F)(F)F. The molecule has 0 aliphatic heterocycles. The highest BCUT2D eigenvalue weighted by atomic mass is 19.4. The Morgan fingerprint density at radius 2 is 1.62 bits per heavy atom. The quantitative estimate of drug-likeness (QED) is 0.715. The lowest BCUT2D eigenvalue weighted by Crippen LogP contribution is -2.44. The molecule has 0 heterocycles. The number of halogens is 6. The Kier molecular flexibility index (Phi) is 3.98. The standard InChI is InChI=1S/C5H6F6O2/c6-3(4(7,8)9)5(10,11)13-2-1-12/h3,12H,1-2H2. The first kappa shape index (κ1) is 12.5. The molecule has 0 fully saturated rings. The van der Waals surface area contributed by atoms with Crippen LogP contribution in [0.1, 0.15) is 0 Å². The first-order valence-electron chi connectivity index (χ1n) is 3.05. The van der Waals surface area contributed by atoms with Crippen LogP contribution in [0.4, 0.5) is 26.3 Å². The van der Waals surface area contributed by atoms with Crippen LogP contribution in [0.3, 0.4) is 0 Å². The molecular formula is C5H6F6O2. The Morgan fingerprint density at radius 1 is 1.15 bits per heavy atom. The number of ether oxygens (including phenoxy) is 1. The number of hydrogen-bond acceptors (Lipinski definition) is 2. The minimum absolute atomic E-state index is 0.917. The van der Waals surface area contributed by atoms with E-state index in [1.165, 1.54) is 0 Å². The summed E-state index contributed by atoms with van der Waals surface area (Å²) in [6.07, 6.45) is -15.0. The molecule has 8 heteroatoms. The Balaban J connectivity index is 4.27. The summed E-state index contributed by atoms with van der Waals surface area (Å²) in [5.41, 5.74) is 0. The predicted molar refractivity (Wildman–Crippen MR) is 28.9 cm³/mol. The molecule has 0 aliphatic rings. The van der Waals surface area contributed by atoms with Gasteiger partial charge < -0.3 is 9.84 Å². The second-order valence-corrected chi connectivity index (χ2v) is 2.04. The maximum atomic E-state index is 12.1. The van der Waals surface area contributed by atoms with Crippen molar-refractivity contribution >= 4 is 0 Å². The summed E-state index contributed by atoms with van der Waals surface area (Å²) in [4.78, 5) is 0. The van der Waals surface area contributed by atoms with Crippen molar-refractivity contribution in [2.24, 2.45) is 0 Å². The lowest BCUT2D eigenvalue weighted by atomic mass is 10.3. The van der Waals surface area contributed by atoms with Crippen LogP contribution in [0.15, 0.2) is 0 Å². The molecule has 0 aliphatic carbocycles. The molecule has 0 aromatic heterocycles. The van der Waals surface area contributed by atoms with Crippen LogP contribution >= 0.6 is 0 Å². The van der Waals surface area contributed by atoms with Gasteiger partial charge in [0, 0.05) is 0 Å². The number of aliphatic hydroxyl groups is 1. The van der Waals surface area contributed by atoms with E-state index in [1.54, 1.807) is 0 Å². The predicted octanol–water partition coefficient (Wildman–Crippen LogP) is 1.49. The third kappa shape index (κ3) is 3.81. The fourth-order valence-corrected chi connectivity index (χ4v) is 0.445. The van der Waals surface area contributed by atoms with E-state index in [1.807, 2.05) is 0 Å². The van der Waals surface area contributed by atoms with Gasteiger partial charge in [-0.3, -0.25) is 0 Å². The topological polar surface area (TPSA) is 29.5 Å². The van der Waals surface area contributed by atoms with Gasteiger partial charge in [-0.05, 0) is 0 Å². The van der Waals surface area contributed by atoms with E-state index in [9.17, 15) is 26.3 Å². The fourth-order valence-electron chi connectivity index (χ4n) is 0.445. The normalized spacial score (nSPS) is 15.9. The van der Waals surface area contributed by atoms with Crippen molar-refractivity contribution in [1.82, 2.24) is 0 Å². The van der Waals surface area contributed by atoms with Crippen molar-refractivity contribution in [1.29, 1.82) is 0 Å². The minimum atomic E-state index is -5.68. The first-order valence-corrected chi connectivity index (χ1v) is 3.05. The van der Waals surface area contributed by atoms with Crippen LogP contribution in [0.5, 0.6) is 0 Å². The molecule has 0 spiro atoms. The fraction of sp³-hybridized carbons (Fsp3) is 1.00. The molecule has 1 unspecified atom stereocenters. The van der Waals surface area contributed by atoms with Gasteiger partial charge in [0.2, 0.25) is 0 Å². The van der Waals surface area contributed by atoms with E-state index >= 15 is 0 Å². The average molecular weight is 212 g/mol. The number of rotatable bonds is 4. The maximum absolute atomic E-state index is 12.1. The minimum Gasteiger partial charge on any atom is -0.394 e. The summed E-state index contributed by atoms with van der Waals surface area (Å²) < 4.78 is 73.4. The van der Waals surface area contributed by atoms with Crippen molar-refractivity contribution < 1.29 is 36.2 Å². The van der Waals surface area contributed by atoms with E-state index in [0.29, 0.717) is 0 Å². The highest BCUT2D eigenvalue weighted by Gasteiger charge is 2.58. The summed E-state index contributed by atoms with van der Waals surface area (Å²) in [5, 5.41) is 7.95. The molecule has 0 rings (SSSR count). The first-order chi connectivity index (χ1) is 5.72. The van der Waals surface area contributed by atoms with E-state index in [-0.39, 0.29) is 0 Å². The second kappa shape index (κ2) is 4.14. The molecule has 0 bridgehead atoms. The van der Waals surface area contributed by atoms with Crippen molar-refractivity contribution in [3.8, 4) is 0 Å². The highest BCUT2D eigenvalue weighted by Crippen LogP contribution is 2.35. The van der Waals surface area contributed by atoms with E-state index in [0.717, 1.165) is 0 Å². The van der Waals surface area contributed by atoms with Crippen LogP contribution < -0.4 is 0 Å². The third-order valence-electron chi connectivity index (χ3n) is 0.968. The molecule has 1 N–H and O–H groups in total. The zero-order valence-electron chi connectivity index (χ0n) is 6.11. The average Bonchev–Trinajstić information content (AvgIpc) is 1.98. The van der Waals surface area contributed by atoms with Gasteiger partial charge in [0.1, 0.15) is 0 Å². The summed E-state index contributed by atoms with van der Waals surface area (Å²) in [5.74, 6) is 0. The Bertz CT molecular complexity index is 156. The van der Waals surface area contributed by atoms with Crippen LogP contribution in [-0.4, -0.2) is 36.8 Å². The number of aliphatic hydroxyl groups excluding tert-OH is 1. The van der Waals surface area contributed by atoms with Gasteiger partial charge in [-0.15, -0.1) is 0 Å². The number of alkyl halides is 6. The lowest BCUT2D eigenvalue weighted by Gasteiger charge is -2.21. The van der Waals surface area contributed by atoms with Gasteiger partial charge in [-0.1, -0.05) is 0 Å². The molecule has 2 nitrogen and oxygen atoms in total. The van der Waals surface area contributed by atoms with Crippen LogP contribution in [-0.2, 0) is 4.74 Å². The summed E-state index contributed by atoms with van der Waals surface area (Å²) in [6.45, 7) is -1.98. The maximum Gasteiger partial charge on any atom is 0.428 e. The van der Waals surface area contributed by atoms with Crippen LogP contribution in [0.25, 0.3) is 0 Å². The highest BCUT2D eigenvalue weighted by molar-refractivity contribution is 4.75. The Hall–Kier alpha value is -0.500. The van der Waals surface area contributed by atoms with Gasteiger partial charge >= 0.3 is 12.3 Å². The van der Waals surface area contributed by atoms with Crippen molar-refractivity contribution in [3.63, 3.8) is 0 Å². The van der Waals surface area contributed by atoms with Gasteiger partial charge in [-0.2, -0.15) is 22.0 Å². The molecular weight excluding hydrogens is 206 g/mol. The van der Waals surface area contributed by atoms with Gasteiger partial charge in [-0.25, -0.2) is 4.39 Å². The third-order valence-corrected chi connectivity index (χ3v) is 0.968. The molecule has 0 aromatic carbocycles. The smallest absolute Gasteiger partial charge is 0.394 e. The molecule has 1 atom stereocenters. The molecule has 0 saturated heterocycles. The summed E-state index contributed by atoms with van der Waals surface area (Å²) >= 11 is 0. The van der Waals surface area contributed by atoms with Crippen molar-refractivity contribution in [2.45, 2.75) is 18.5 Å². The van der Waals surface area contributed by atoms with Crippen LogP contribution in [0, 0.1) is 0 Å². The van der Waals surface area contributed by atoms with E-state index in [4.69, 9.17) is 5.11 Å². The molecule has 0 radical (unpaired) electrons. The second-order valence-electron chi connectivity index (χ2n) is 2.04. The molecule has 13 heavy (non-hydrogen) atoms. The van der Waals surface area contributed by atoms with Crippen molar-refractivity contribution in [3.05, 3.63) is 0 Å². The van der Waals surface area contributed by atoms with Crippen LogP contribution in [0.2, 0.25) is 0 Å². The van der Waals surface area contributed by atoms with Crippen molar-refractivity contribution in [2.75, 3.05) is 13.2 Å². The Morgan fingerprint density at radius 3 is 1.92 bits per heavy atom. The Labute approximate surface area is 69.1 Å². The zero-order chi connectivity index (χ0) is 10.7. The number of hydrogen-bond donors (Lipinski definition) is 1. The van der Waals surface area contributed by atoms with Gasteiger partial charge in [0.25, 0.3) is 6.17 Å². The van der Waals surface area contributed by atoms with E-state index < -0.39 is 31.7 Å². The van der Waals surface area contributed by atoms with E-state index in [2.05, 4.69) is 4.74 Å². The van der Waals surface area contributed by atoms with Gasteiger partial charge in [0.05, 0.1) is 13.2 Å². The molecule has 0 saturated carbocycles. The summed E-state index contributed by atoms with van der Waals surface area (Å²) in [7, 11) is 0. The molecule has 80 valence electrons. The zero-order valence-corrected chi connectivity index (χ0v) is 6.11.